The molecule has 0 amide bonds. The summed E-state index contributed by atoms with van der Waals surface area (Å²) in [4.78, 5) is 1.47. The normalized spacial score (nSPS) is 11.6. The summed E-state index contributed by atoms with van der Waals surface area (Å²) < 4.78 is 7.24. The highest BCUT2D eigenvalue weighted by atomic mass is 32.1. The summed E-state index contributed by atoms with van der Waals surface area (Å²) in [5.74, 6) is 1.92. The maximum Gasteiger partial charge on any atom is 0.125 e. The largest absolute Gasteiger partial charge is 0.496 e. The second kappa shape index (κ2) is 9.28. The first-order chi connectivity index (χ1) is 15.0. The van der Waals surface area contributed by atoms with Crippen LogP contribution in [0.2, 0.25) is 0 Å². The van der Waals surface area contributed by atoms with E-state index in [2.05, 4.69) is 94.4 Å². The van der Waals surface area contributed by atoms with Crippen LogP contribution in [-0.4, -0.2) is 7.11 Å². The van der Waals surface area contributed by atoms with Crippen molar-refractivity contribution in [2.75, 3.05) is 7.11 Å². The minimum absolute atomic E-state index is 0.426. The van der Waals surface area contributed by atoms with Crippen molar-refractivity contribution in [3.05, 3.63) is 99.4 Å². The van der Waals surface area contributed by atoms with Gasteiger partial charge in [-0.3, -0.25) is 0 Å². The lowest BCUT2D eigenvalue weighted by Gasteiger charge is -2.20. The van der Waals surface area contributed by atoms with Gasteiger partial charge in [0.2, 0.25) is 0 Å². The van der Waals surface area contributed by atoms with Crippen LogP contribution in [0, 0.1) is 0 Å². The third-order valence-corrected chi connectivity index (χ3v) is 7.24. The fraction of sp³-hybridized carbons (Fsp3) is 0.310. The van der Waals surface area contributed by atoms with E-state index in [0.717, 1.165) is 18.6 Å². The zero-order chi connectivity index (χ0) is 22.0. The van der Waals surface area contributed by atoms with Crippen LogP contribution in [0.3, 0.4) is 0 Å². The smallest absolute Gasteiger partial charge is 0.125 e. The van der Waals surface area contributed by atoms with Crippen LogP contribution in [-0.2, 0) is 12.8 Å². The Morgan fingerprint density at radius 3 is 1.97 bits per heavy atom. The van der Waals surface area contributed by atoms with Gasteiger partial charge >= 0.3 is 0 Å². The predicted molar refractivity (Wildman–Crippen MR) is 135 cm³/mol. The van der Waals surface area contributed by atoms with Gasteiger partial charge in [-0.1, -0.05) is 88.4 Å². The average molecular weight is 429 g/mol. The maximum atomic E-state index is 5.86. The molecule has 0 saturated heterocycles. The first-order valence-electron chi connectivity index (χ1n) is 11.2. The molecule has 3 aromatic carbocycles. The van der Waals surface area contributed by atoms with E-state index in [0.29, 0.717) is 11.8 Å². The van der Waals surface area contributed by atoms with Crippen molar-refractivity contribution in [3.8, 4) is 5.75 Å². The maximum absolute atomic E-state index is 5.86. The van der Waals surface area contributed by atoms with Gasteiger partial charge in [-0.2, -0.15) is 0 Å². The van der Waals surface area contributed by atoms with Crippen molar-refractivity contribution >= 4 is 21.4 Å². The van der Waals surface area contributed by atoms with Gasteiger partial charge < -0.3 is 4.74 Å². The van der Waals surface area contributed by atoms with Crippen molar-refractivity contribution in [1.29, 1.82) is 0 Å². The van der Waals surface area contributed by atoms with E-state index >= 15 is 0 Å². The van der Waals surface area contributed by atoms with Crippen molar-refractivity contribution in [1.82, 2.24) is 0 Å². The van der Waals surface area contributed by atoms with Gasteiger partial charge in [0.25, 0.3) is 0 Å². The Kier molecular flexibility index (Phi) is 6.48. The molecule has 0 aliphatic carbocycles. The van der Waals surface area contributed by atoms with Crippen LogP contribution >= 0.6 is 11.3 Å². The number of hydrogen-bond donors (Lipinski definition) is 0. The molecule has 2 heteroatoms. The van der Waals surface area contributed by atoms with E-state index in [1.807, 2.05) is 11.3 Å². The van der Waals surface area contributed by atoms with E-state index in [-0.39, 0.29) is 0 Å². The number of benzene rings is 3. The Bertz CT molecular complexity index is 1140. The average Bonchev–Trinajstić information content (AvgIpc) is 3.10. The fourth-order valence-corrected chi connectivity index (χ4v) is 5.66. The molecule has 0 fully saturated rings. The number of hydrogen-bond acceptors (Lipinski definition) is 2. The minimum Gasteiger partial charge on any atom is -0.496 e. The molecule has 1 nitrogen and oxygen atoms in total. The fourth-order valence-electron chi connectivity index (χ4n) is 4.41. The second-order valence-corrected chi connectivity index (χ2v) is 10.1. The molecule has 1 heterocycles. The monoisotopic (exact) mass is 428 g/mol. The zero-order valence-electron chi connectivity index (χ0n) is 19.2. The van der Waals surface area contributed by atoms with Crippen LogP contribution in [0.15, 0.2) is 66.7 Å². The quantitative estimate of drug-likeness (QED) is 0.287. The Morgan fingerprint density at radius 2 is 1.35 bits per heavy atom. The summed E-state index contributed by atoms with van der Waals surface area (Å²) in [6.07, 6.45) is 1.94. The lowest BCUT2D eigenvalue weighted by atomic mass is 9.89. The summed E-state index contributed by atoms with van der Waals surface area (Å²) in [6, 6.07) is 24.4. The molecular formula is C29H32OS. The highest BCUT2D eigenvalue weighted by Gasteiger charge is 2.19. The molecule has 0 spiro atoms. The van der Waals surface area contributed by atoms with E-state index in [9.17, 15) is 0 Å². The molecule has 0 unspecified atom stereocenters. The van der Waals surface area contributed by atoms with Crippen molar-refractivity contribution in [3.63, 3.8) is 0 Å². The lowest BCUT2D eigenvalue weighted by Crippen LogP contribution is -2.04. The molecular weight excluding hydrogens is 396 g/mol. The second-order valence-electron chi connectivity index (χ2n) is 8.96. The number of fused-ring (bicyclic) bond motifs is 1. The summed E-state index contributed by atoms with van der Waals surface area (Å²) in [6.45, 7) is 9.03. The minimum atomic E-state index is 0.426. The van der Waals surface area contributed by atoms with E-state index < -0.39 is 0 Å². The molecule has 0 aliphatic heterocycles. The third-order valence-electron chi connectivity index (χ3n) is 6.02. The molecule has 31 heavy (non-hydrogen) atoms. The molecule has 0 bridgehead atoms. The molecule has 0 aliphatic rings. The Hall–Kier alpha value is -2.58. The molecule has 0 radical (unpaired) electrons. The summed E-state index contributed by atoms with van der Waals surface area (Å²) in [5.41, 5.74) is 6.85. The zero-order valence-corrected chi connectivity index (χ0v) is 20.1. The van der Waals surface area contributed by atoms with E-state index in [1.165, 1.54) is 42.8 Å². The lowest BCUT2D eigenvalue weighted by molar-refractivity contribution is 0.400. The molecule has 1 aromatic heterocycles. The highest BCUT2D eigenvalue weighted by Crippen LogP contribution is 2.39. The van der Waals surface area contributed by atoms with E-state index in [4.69, 9.17) is 4.74 Å². The van der Waals surface area contributed by atoms with Crippen molar-refractivity contribution in [2.45, 2.75) is 52.4 Å². The SMILES string of the molecule is COc1c(C(C)C)cc(Cc2c(Cc3ccccc3)sc3ccccc23)cc1C(C)C. The third kappa shape index (κ3) is 4.55. The molecule has 0 N–H and O–H groups in total. The first kappa shape index (κ1) is 21.6. The standard InChI is InChI=1S/C29H32OS/c1-19(2)24-15-22(16-25(20(3)4)29(24)30-5)17-26-23-13-9-10-14-27(23)31-28(26)18-21-11-7-6-8-12-21/h6-16,19-20H,17-18H2,1-5H3. The van der Waals surface area contributed by atoms with Crippen LogP contribution in [0.1, 0.15) is 72.2 Å². The molecule has 0 atom stereocenters. The van der Waals surface area contributed by atoms with Crippen LogP contribution in [0.4, 0.5) is 0 Å². The summed E-state index contributed by atoms with van der Waals surface area (Å²) in [7, 11) is 1.80. The number of thiophene rings is 1. The molecule has 4 aromatic rings. The molecule has 0 saturated carbocycles. The Labute approximate surface area is 190 Å². The molecule has 160 valence electrons. The van der Waals surface area contributed by atoms with Gasteiger partial charge in [0.05, 0.1) is 7.11 Å². The first-order valence-corrected chi connectivity index (χ1v) is 12.0. The molecule has 4 rings (SSSR count). The van der Waals surface area contributed by atoms with Gasteiger partial charge in [0.15, 0.2) is 0 Å². The number of ether oxygens (including phenoxy) is 1. The number of rotatable bonds is 7. The van der Waals surface area contributed by atoms with Crippen molar-refractivity contribution in [2.24, 2.45) is 0 Å². The number of methoxy groups -OCH3 is 1. The van der Waals surface area contributed by atoms with Gasteiger partial charge in [-0.05, 0) is 57.5 Å². The Balaban J connectivity index is 1.82. The Morgan fingerprint density at radius 1 is 0.742 bits per heavy atom. The van der Waals surface area contributed by atoms with Gasteiger partial charge in [-0.15, -0.1) is 11.3 Å². The van der Waals surface area contributed by atoms with Gasteiger partial charge in [0.1, 0.15) is 5.75 Å². The summed E-state index contributed by atoms with van der Waals surface area (Å²) >= 11 is 1.94. The van der Waals surface area contributed by atoms with E-state index in [1.54, 1.807) is 7.11 Å². The van der Waals surface area contributed by atoms with Gasteiger partial charge in [-0.25, -0.2) is 0 Å². The van der Waals surface area contributed by atoms with Crippen LogP contribution in [0.25, 0.3) is 10.1 Å². The topological polar surface area (TPSA) is 9.23 Å². The van der Waals surface area contributed by atoms with Crippen LogP contribution < -0.4 is 4.74 Å². The van der Waals surface area contributed by atoms with Gasteiger partial charge in [0, 0.05) is 16.0 Å². The predicted octanol–water partition coefficient (Wildman–Crippen LogP) is 8.34. The summed E-state index contributed by atoms with van der Waals surface area (Å²) in [5, 5.41) is 1.39. The van der Waals surface area contributed by atoms with Crippen LogP contribution in [0.5, 0.6) is 5.75 Å². The highest BCUT2D eigenvalue weighted by molar-refractivity contribution is 7.19. The van der Waals surface area contributed by atoms with Crippen molar-refractivity contribution < 1.29 is 4.74 Å².